The Morgan fingerprint density at radius 3 is 2.47 bits per heavy atom. The minimum atomic E-state index is -0.304. The van der Waals surface area contributed by atoms with Crippen molar-refractivity contribution in [1.29, 1.82) is 0 Å². The average Bonchev–Trinajstić information content (AvgIpc) is 3.02. The number of carbonyl (C=O) groups excluding carboxylic acids is 1. The van der Waals surface area contributed by atoms with Crippen molar-refractivity contribution in [2.75, 3.05) is 20.8 Å². The molecule has 0 aromatic rings. The Bertz CT molecular complexity index is 203. The number of carbonyl (C=O) groups is 1. The molecule has 5 heteroatoms. The summed E-state index contributed by atoms with van der Waals surface area (Å²) in [6, 6.07) is 0.195. The molecule has 1 fully saturated rings. The van der Waals surface area contributed by atoms with E-state index in [0.717, 1.165) is 12.8 Å². The third-order valence-electron chi connectivity index (χ3n) is 2.43. The van der Waals surface area contributed by atoms with Gasteiger partial charge in [-0.15, -0.1) is 0 Å². The summed E-state index contributed by atoms with van der Waals surface area (Å²) in [6.07, 6.45) is 1.91. The number of ether oxygens (including phenoxy) is 2. The van der Waals surface area contributed by atoms with Crippen LogP contribution in [0, 0.1) is 0 Å². The normalized spacial score (nSPS) is 17.9. The molecule has 0 aromatic carbocycles. The molecule has 0 radical (unpaired) electrons. The van der Waals surface area contributed by atoms with E-state index in [0.29, 0.717) is 12.6 Å². The van der Waals surface area contributed by atoms with Gasteiger partial charge in [-0.3, -0.25) is 4.79 Å². The molecule has 1 atom stereocenters. The highest BCUT2D eigenvalue weighted by atomic mass is 16.7. The first kappa shape index (κ1) is 12.4. The van der Waals surface area contributed by atoms with Crippen LogP contribution in [0.25, 0.3) is 0 Å². The second-order valence-corrected chi connectivity index (χ2v) is 3.81. The molecule has 1 aliphatic carbocycles. The van der Waals surface area contributed by atoms with Crippen LogP contribution in [0.1, 0.15) is 19.8 Å². The predicted octanol–water partition coefficient (Wildman–Crippen LogP) is -0.138. The molecule has 0 aliphatic heterocycles. The lowest BCUT2D eigenvalue weighted by Crippen LogP contribution is -2.45. The quantitative estimate of drug-likeness (QED) is 0.582. The maximum Gasteiger partial charge on any atom is 0.237 e. The maximum absolute atomic E-state index is 11.5. The van der Waals surface area contributed by atoms with Crippen LogP contribution in [-0.4, -0.2) is 45.0 Å². The highest BCUT2D eigenvalue weighted by Gasteiger charge is 2.25. The van der Waals surface area contributed by atoms with E-state index in [2.05, 4.69) is 10.6 Å². The van der Waals surface area contributed by atoms with Crippen molar-refractivity contribution in [2.45, 2.75) is 38.1 Å². The fourth-order valence-electron chi connectivity index (χ4n) is 1.18. The summed E-state index contributed by atoms with van der Waals surface area (Å²) < 4.78 is 10.0. The van der Waals surface area contributed by atoms with E-state index in [1.807, 2.05) is 6.92 Å². The zero-order valence-corrected chi connectivity index (χ0v) is 9.58. The summed E-state index contributed by atoms with van der Waals surface area (Å²) in [5.74, 6) is 0.0449. The Hall–Kier alpha value is -0.650. The Balaban J connectivity index is 2.15. The third-order valence-corrected chi connectivity index (χ3v) is 2.43. The Labute approximate surface area is 90.5 Å². The molecule has 2 N–H and O–H groups in total. The number of rotatable bonds is 7. The summed E-state index contributed by atoms with van der Waals surface area (Å²) in [5, 5.41) is 5.99. The second kappa shape index (κ2) is 6.05. The van der Waals surface area contributed by atoms with E-state index in [1.165, 1.54) is 0 Å². The minimum absolute atomic E-state index is 0.0449. The summed E-state index contributed by atoms with van der Waals surface area (Å²) in [6.45, 7) is 2.34. The van der Waals surface area contributed by atoms with Crippen LogP contribution < -0.4 is 10.6 Å². The van der Waals surface area contributed by atoms with Crippen LogP contribution in [0.3, 0.4) is 0 Å². The first-order valence-corrected chi connectivity index (χ1v) is 5.26. The summed E-state index contributed by atoms with van der Waals surface area (Å²) in [5.41, 5.74) is 0. The fraction of sp³-hybridized carbons (Fsp3) is 0.900. The largest absolute Gasteiger partial charge is 0.355 e. The fourth-order valence-corrected chi connectivity index (χ4v) is 1.18. The van der Waals surface area contributed by atoms with Gasteiger partial charge >= 0.3 is 0 Å². The monoisotopic (exact) mass is 216 g/mol. The van der Waals surface area contributed by atoms with Gasteiger partial charge in [-0.2, -0.15) is 0 Å². The Kier molecular flexibility index (Phi) is 5.01. The summed E-state index contributed by atoms with van der Waals surface area (Å²) >= 11 is 0. The highest BCUT2D eigenvalue weighted by molar-refractivity contribution is 5.81. The molecule has 0 heterocycles. The molecular weight excluding hydrogens is 196 g/mol. The van der Waals surface area contributed by atoms with E-state index in [4.69, 9.17) is 9.47 Å². The Morgan fingerprint density at radius 1 is 1.40 bits per heavy atom. The summed E-state index contributed by atoms with van der Waals surface area (Å²) in [4.78, 5) is 11.5. The van der Waals surface area contributed by atoms with E-state index in [-0.39, 0.29) is 18.2 Å². The maximum atomic E-state index is 11.5. The lowest BCUT2D eigenvalue weighted by atomic mass is 10.3. The van der Waals surface area contributed by atoms with Crippen molar-refractivity contribution >= 4 is 5.91 Å². The van der Waals surface area contributed by atoms with Gasteiger partial charge in [-0.05, 0) is 19.8 Å². The van der Waals surface area contributed by atoms with Crippen LogP contribution >= 0.6 is 0 Å². The van der Waals surface area contributed by atoms with Gasteiger partial charge in [0.25, 0.3) is 0 Å². The average molecular weight is 216 g/mol. The van der Waals surface area contributed by atoms with Crippen LogP contribution in [0.2, 0.25) is 0 Å². The van der Waals surface area contributed by atoms with E-state index < -0.39 is 0 Å². The number of nitrogens with one attached hydrogen (secondary N) is 2. The number of methoxy groups -OCH3 is 2. The molecule has 0 aromatic heterocycles. The molecule has 1 aliphatic rings. The molecule has 88 valence electrons. The van der Waals surface area contributed by atoms with Crippen molar-refractivity contribution in [3.05, 3.63) is 0 Å². The van der Waals surface area contributed by atoms with Gasteiger partial charge in [0, 0.05) is 26.8 Å². The van der Waals surface area contributed by atoms with Crippen LogP contribution in [0.15, 0.2) is 0 Å². The van der Waals surface area contributed by atoms with Crippen molar-refractivity contribution in [3.8, 4) is 0 Å². The highest BCUT2D eigenvalue weighted by Crippen LogP contribution is 2.18. The number of amides is 1. The first-order valence-electron chi connectivity index (χ1n) is 5.26. The van der Waals surface area contributed by atoms with Gasteiger partial charge in [-0.1, -0.05) is 0 Å². The molecule has 5 nitrogen and oxygen atoms in total. The molecule has 15 heavy (non-hydrogen) atoms. The number of hydrogen-bond donors (Lipinski definition) is 2. The molecule has 0 bridgehead atoms. The van der Waals surface area contributed by atoms with Crippen molar-refractivity contribution in [1.82, 2.24) is 10.6 Å². The zero-order valence-electron chi connectivity index (χ0n) is 9.58. The lowest BCUT2D eigenvalue weighted by molar-refractivity contribution is -0.124. The van der Waals surface area contributed by atoms with E-state index in [1.54, 1.807) is 14.2 Å². The number of hydrogen-bond acceptors (Lipinski definition) is 4. The molecule has 1 rings (SSSR count). The van der Waals surface area contributed by atoms with Gasteiger partial charge in [0.1, 0.15) is 0 Å². The topological polar surface area (TPSA) is 59.6 Å². The van der Waals surface area contributed by atoms with E-state index in [9.17, 15) is 4.79 Å². The van der Waals surface area contributed by atoms with E-state index >= 15 is 0 Å². The lowest BCUT2D eigenvalue weighted by Gasteiger charge is -2.18. The van der Waals surface area contributed by atoms with Crippen LogP contribution in [0.5, 0.6) is 0 Å². The molecule has 0 spiro atoms. The Morgan fingerprint density at radius 2 is 2.00 bits per heavy atom. The minimum Gasteiger partial charge on any atom is -0.355 e. The summed E-state index contributed by atoms with van der Waals surface area (Å²) in [7, 11) is 3.15. The van der Waals surface area contributed by atoms with Gasteiger partial charge in [0.05, 0.1) is 6.04 Å². The van der Waals surface area contributed by atoms with Gasteiger partial charge in [0.2, 0.25) is 5.91 Å². The SMILES string of the molecule is COC(CNC(C)C(=O)NC1CC1)OC. The smallest absolute Gasteiger partial charge is 0.237 e. The van der Waals surface area contributed by atoms with Crippen LogP contribution in [0.4, 0.5) is 0 Å². The van der Waals surface area contributed by atoms with Crippen molar-refractivity contribution in [3.63, 3.8) is 0 Å². The van der Waals surface area contributed by atoms with Crippen molar-refractivity contribution < 1.29 is 14.3 Å². The molecule has 1 amide bonds. The van der Waals surface area contributed by atoms with Gasteiger partial charge < -0.3 is 20.1 Å². The van der Waals surface area contributed by atoms with Crippen LogP contribution in [-0.2, 0) is 14.3 Å². The zero-order chi connectivity index (χ0) is 11.3. The van der Waals surface area contributed by atoms with Crippen molar-refractivity contribution in [2.24, 2.45) is 0 Å². The third kappa shape index (κ3) is 4.59. The molecule has 0 saturated heterocycles. The molecule has 1 unspecified atom stereocenters. The van der Waals surface area contributed by atoms with Gasteiger partial charge in [0.15, 0.2) is 6.29 Å². The molecule has 1 saturated carbocycles. The molecular formula is C10H20N2O3. The first-order chi connectivity index (χ1) is 7.17. The second-order valence-electron chi connectivity index (χ2n) is 3.81. The standard InChI is InChI=1S/C10H20N2O3/c1-7(10(13)12-8-4-5-8)11-6-9(14-2)15-3/h7-9,11H,4-6H2,1-3H3,(H,12,13). The predicted molar refractivity (Wildman–Crippen MR) is 56.4 cm³/mol. The van der Waals surface area contributed by atoms with Gasteiger partial charge in [-0.25, -0.2) is 0 Å².